The summed E-state index contributed by atoms with van der Waals surface area (Å²) < 4.78 is 5.74. The number of rotatable bonds is 6. The molecule has 1 aromatic carbocycles. The number of para-hydroxylation sites is 1. The van der Waals surface area contributed by atoms with Gasteiger partial charge in [0.2, 0.25) is 5.91 Å². The van der Waals surface area contributed by atoms with Crippen LogP contribution in [0.5, 0.6) is 0 Å². The molecule has 2 atom stereocenters. The largest absolute Gasteiger partial charge is 0.480 e. The number of benzene rings is 1. The van der Waals surface area contributed by atoms with E-state index in [4.69, 9.17) is 9.84 Å². The molecule has 3 rings (SSSR count). The minimum Gasteiger partial charge on any atom is -0.480 e. The first-order valence-electron chi connectivity index (χ1n) is 9.08. The summed E-state index contributed by atoms with van der Waals surface area (Å²) >= 11 is 0. The van der Waals surface area contributed by atoms with Crippen molar-refractivity contribution in [3.63, 3.8) is 0 Å². The maximum atomic E-state index is 12.9. The molecule has 1 aromatic rings. The lowest BCUT2D eigenvalue weighted by molar-refractivity contribution is -0.138. The summed E-state index contributed by atoms with van der Waals surface area (Å²) in [6.45, 7) is 4.89. The Bertz CT molecular complexity index is 666. The maximum absolute atomic E-state index is 12.9. The van der Waals surface area contributed by atoms with E-state index in [1.807, 2.05) is 23.1 Å². The molecule has 0 bridgehead atoms. The van der Waals surface area contributed by atoms with Crippen molar-refractivity contribution in [3.8, 4) is 0 Å². The molecule has 1 amide bonds. The molecule has 0 spiro atoms. The zero-order valence-corrected chi connectivity index (χ0v) is 15.4. The third kappa shape index (κ3) is 4.41. The number of hydrogen-bond acceptors (Lipinski definition) is 5. The Morgan fingerprint density at radius 1 is 1.35 bits per heavy atom. The van der Waals surface area contributed by atoms with Crippen LogP contribution in [-0.2, 0) is 20.7 Å². The minimum absolute atomic E-state index is 0.0130. The number of carbonyl (C=O) groups excluding carboxylic acids is 1. The van der Waals surface area contributed by atoms with Crippen molar-refractivity contribution in [3.05, 3.63) is 29.8 Å². The average molecular weight is 361 g/mol. The molecule has 2 aliphatic heterocycles. The van der Waals surface area contributed by atoms with Gasteiger partial charge in [-0.3, -0.25) is 19.4 Å². The van der Waals surface area contributed by atoms with Gasteiger partial charge in [-0.2, -0.15) is 0 Å². The molecule has 2 unspecified atom stereocenters. The van der Waals surface area contributed by atoms with E-state index in [1.54, 1.807) is 11.9 Å². The fraction of sp³-hybridized carbons (Fsp3) is 0.579. The Morgan fingerprint density at radius 2 is 2.12 bits per heavy atom. The number of morpholine rings is 1. The highest BCUT2D eigenvalue weighted by Crippen LogP contribution is 2.31. The first-order valence-corrected chi connectivity index (χ1v) is 9.08. The number of aliphatic carboxylic acids is 1. The molecular weight excluding hydrogens is 334 g/mol. The van der Waals surface area contributed by atoms with E-state index in [2.05, 4.69) is 17.9 Å². The van der Waals surface area contributed by atoms with Gasteiger partial charge in [0.05, 0.1) is 25.8 Å². The van der Waals surface area contributed by atoms with Gasteiger partial charge in [0.1, 0.15) is 0 Å². The topological polar surface area (TPSA) is 73.3 Å². The van der Waals surface area contributed by atoms with Crippen molar-refractivity contribution in [2.75, 3.05) is 51.3 Å². The summed E-state index contributed by atoms with van der Waals surface area (Å²) in [7, 11) is 1.77. The Balaban J connectivity index is 1.57. The quantitative estimate of drug-likeness (QED) is 0.803. The van der Waals surface area contributed by atoms with Gasteiger partial charge in [-0.15, -0.1) is 0 Å². The number of carboxylic acids is 1. The molecule has 7 heteroatoms. The molecule has 0 saturated carbocycles. The summed E-state index contributed by atoms with van der Waals surface area (Å²) in [5.74, 6) is -0.737. The molecule has 2 heterocycles. The second kappa shape index (κ2) is 8.16. The zero-order valence-electron chi connectivity index (χ0n) is 15.4. The van der Waals surface area contributed by atoms with Crippen LogP contribution in [0.15, 0.2) is 24.3 Å². The number of carboxylic acid groups (broad SMARTS) is 1. The van der Waals surface area contributed by atoms with E-state index in [1.165, 1.54) is 5.56 Å². The number of amides is 1. The Kier molecular flexibility index (Phi) is 5.90. The lowest BCUT2D eigenvalue weighted by Crippen LogP contribution is -2.51. The second-order valence-corrected chi connectivity index (χ2v) is 7.26. The van der Waals surface area contributed by atoms with Crippen molar-refractivity contribution >= 4 is 17.6 Å². The van der Waals surface area contributed by atoms with Crippen molar-refractivity contribution < 1.29 is 19.4 Å². The van der Waals surface area contributed by atoms with Gasteiger partial charge in [0.15, 0.2) is 0 Å². The number of ether oxygens (including phenoxy) is 1. The minimum atomic E-state index is -0.850. The van der Waals surface area contributed by atoms with E-state index >= 15 is 0 Å². The van der Waals surface area contributed by atoms with Crippen LogP contribution < -0.4 is 4.90 Å². The van der Waals surface area contributed by atoms with Gasteiger partial charge in [0, 0.05) is 31.4 Å². The second-order valence-electron chi connectivity index (χ2n) is 7.26. The lowest BCUT2D eigenvalue weighted by atomic mass is 10.1. The average Bonchev–Trinajstić information content (AvgIpc) is 2.90. The lowest BCUT2D eigenvalue weighted by Gasteiger charge is -2.35. The predicted octanol–water partition coefficient (Wildman–Crippen LogP) is 0.681. The first-order chi connectivity index (χ1) is 12.4. The molecule has 0 radical (unpaired) electrons. The standard InChI is InChI=1S/C19H27N3O4/c1-14-9-15-5-3-4-6-17(15)22(14)18(23)12-21-7-8-26-16(11-21)10-20(2)13-19(24)25/h3-6,14,16H,7-13H2,1-2H3,(H,24,25). The molecule has 1 saturated heterocycles. The van der Waals surface area contributed by atoms with Crippen LogP contribution in [0.4, 0.5) is 5.69 Å². The van der Waals surface area contributed by atoms with Crippen LogP contribution in [0.2, 0.25) is 0 Å². The summed E-state index contributed by atoms with van der Waals surface area (Å²) in [5, 5.41) is 8.87. The number of fused-ring (bicyclic) bond motifs is 1. The summed E-state index contributed by atoms with van der Waals surface area (Å²) in [5.41, 5.74) is 2.25. The SMILES string of the molecule is CC1Cc2ccccc2N1C(=O)CN1CCOC(CN(C)CC(=O)O)C1. The normalized spacial score (nSPS) is 23.3. The van der Waals surface area contributed by atoms with Crippen LogP contribution in [0, 0.1) is 0 Å². The first kappa shape index (κ1) is 18.8. The highest BCUT2D eigenvalue weighted by atomic mass is 16.5. The van der Waals surface area contributed by atoms with E-state index in [0.29, 0.717) is 26.2 Å². The van der Waals surface area contributed by atoms with Crippen molar-refractivity contribution in [2.45, 2.75) is 25.5 Å². The van der Waals surface area contributed by atoms with Crippen molar-refractivity contribution in [2.24, 2.45) is 0 Å². The smallest absolute Gasteiger partial charge is 0.317 e. The highest BCUT2D eigenvalue weighted by molar-refractivity contribution is 5.97. The van der Waals surface area contributed by atoms with E-state index in [9.17, 15) is 9.59 Å². The van der Waals surface area contributed by atoms with Gasteiger partial charge in [-0.1, -0.05) is 18.2 Å². The van der Waals surface area contributed by atoms with Crippen molar-refractivity contribution in [1.29, 1.82) is 0 Å². The third-order valence-corrected chi connectivity index (χ3v) is 4.98. The fourth-order valence-corrected chi connectivity index (χ4v) is 3.89. The molecule has 1 N–H and O–H groups in total. The zero-order chi connectivity index (χ0) is 18.7. The van der Waals surface area contributed by atoms with Crippen LogP contribution in [-0.4, -0.2) is 85.3 Å². The van der Waals surface area contributed by atoms with Crippen LogP contribution >= 0.6 is 0 Å². The fourth-order valence-electron chi connectivity index (χ4n) is 3.89. The molecule has 26 heavy (non-hydrogen) atoms. The third-order valence-electron chi connectivity index (χ3n) is 4.98. The van der Waals surface area contributed by atoms with Crippen LogP contribution in [0.3, 0.4) is 0 Å². The molecule has 0 aliphatic carbocycles. The van der Waals surface area contributed by atoms with Gasteiger partial charge in [-0.05, 0) is 32.0 Å². The van der Waals surface area contributed by atoms with Gasteiger partial charge in [-0.25, -0.2) is 0 Å². The molecule has 142 valence electrons. The summed E-state index contributed by atoms with van der Waals surface area (Å²) in [6.07, 6.45) is 0.817. The Morgan fingerprint density at radius 3 is 2.88 bits per heavy atom. The van der Waals surface area contributed by atoms with Crippen LogP contribution in [0.1, 0.15) is 12.5 Å². The molecular formula is C19H27N3O4. The monoisotopic (exact) mass is 361 g/mol. The number of likely N-dealkylation sites (N-methyl/N-ethyl adjacent to an activating group) is 1. The summed E-state index contributed by atoms with van der Waals surface area (Å²) in [6, 6.07) is 8.26. The molecule has 7 nitrogen and oxygen atoms in total. The van der Waals surface area contributed by atoms with Gasteiger partial charge in [0.25, 0.3) is 0 Å². The van der Waals surface area contributed by atoms with E-state index < -0.39 is 5.97 Å². The molecule has 2 aliphatic rings. The molecule has 1 fully saturated rings. The Hall–Kier alpha value is -1.96. The van der Waals surface area contributed by atoms with Crippen molar-refractivity contribution in [1.82, 2.24) is 9.80 Å². The summed E-state index contributed by atoms with van der Waals surface area (Å²) in [4.78, 5) is 29.5. The Labute approximate surface area is 154 Å². The van der Waals surface area contributed by atoms with Gasteiger partial charge < -0.3 is 14.7 Å². The van der Waals surface area contributed by atoms with Gasteiger partial charge >= 0.3 is 5.97 Å². The number of hydrogen-bond donors (Lipinski definition) is 1. The predicted molar refractivity (Wildman–Crippen MR) is 98.4 cm³/mol. The van der Waals surface area contributed by atoms with E-state index in [-0.39, 0.29) is 24.6 Å². The maximum Gasteiger partial charge on any atom is 0.317 e. The number of anilines is 1. The molecule has 0 aromatic heterocycles. The number of carbonyl (C=O) groups is 2. The highest BCUT2D eigenvalue weighted by Gasteiger charge is 2.32. The van der Waals surface area contributed by atoms with E-state index in [0.717, 1.165) is 18.7 Å². The van der Waals surface area contributed by atoms with Crippen LogP contribution in [0.25, 0.3) is 0 Å². The number of nitrogens with zero attached hydrogens (tertiary/aromatic N) is 3.